The van der Waals surface area contributed by atoms with Crippen LogP contribution in [0.2, 0.25) is 0 Å². The van der Waals surface area contributed by atoms with Crippen LogP contribution in [0.5, 0.6) is 5.75 Å². The highest BCUT2D eigenvalue weighted by Gasteiger charge is 2.35. The number of carbonyl (C=O) groups is 2. The van der Waals surface area contributed by atoms with Gasteiger partial charge in [0, 0.05) is 12.6 Å². The third kappa shape index (κ3) is 8.59. The van der Waals surface area contributed by atoms with E-state index in [9.17, 15) is 18.9 Å². The fourth-order valence-electron chi connectivity index (χ4n) is 3.31. The lowest BCUT2D eigenvalue weighted by Gasteiger charge is -2.29. The van der Waals surface area contributed by atoms with E-state index in [0.717, 1.165) is 0 Å². The number of amides is 1. The first-order valence-electron chi connectivity index (χ1n) is 11.4. The summed E-state index contributed by atoms with van der Waals surface area (Å²) in [5.74, 6) is -0.246. The van der Waals surface area contributed by atoms with Crippen LogP contribution in [0.3, 0.4) is 0 Å². The zero-order valence-corrected chi connectivity index (χ0v) is 21.9. The van der Waals surface area contributed by atoms with Crippen molar-refractivity contribution in [2.24, 2.45) is 0 Å². The fourth-order valence-corrected chi connectivity index (χ4v) is 4.71. The first kappa shape index (κ1) is 28.2. The largest absolute Gasteiger partial charge is 0.467 e. The van der Waals surface area contributed by atoms with E-state index in [0.29, 0.717) is 5.56 Å². The third-order valence-electron chi connectivity index (χ3n) is 5.01. The smallest absolute Gasteiger partial charge is 0.408 e. The minimum atomic E-state index is -3.59. The van der Waals surface area contributed by atoms with E-state index in [-0.39, 0.29) is 37.5 Å². The van der Waals surface area contributed by atoms with Gasteiger partial charge in [-0.3, -0.25) is 9.09 Å². The molecular formula is C23H31N4O9P. The van der Waals surface area contributed by atoms with Gasteiger partial charge in [0.1, 0.15) is 29.3 Å². The Labute approximate surface area is 213 Å². The van der Waals surface area contributed by atoms with E-state index in [2.05, 4.69) is 10.3 Å². The van der Waals surface area contributed by atoms with Crippen molar-refractivity contribution in [2.45, 2.75) is 51.5 Å². The van der Waals surface area contributed by atoms with Crippen LogP contribution in [-0.2, 0) is 41.1 Å². The highest BCUT2D eigenvalue weighted by atomic mass is 31.2. The first-order valence-corrected chi connectivity index (χ1v) is 13.1. The van der Waals surface area contributed by atoms with Gasteiger partial charge in [0.15, 0.2) is 6.35 Å². The van der Waals surface area contributed by atoms with E-state index in [1.807, 2.05) is 0 Å². The summed E-state index contributed by atoms with van der Waals surface area (Å²) in [6.07, 6.45) is 0.0504. The minimum absolute atomic E-state index is 0.0523. The van der Waals surface area contributed by atoms with Gasteiger partial charge in [0.05, 0.1) is 20.3 Å². The molecule has 0 aliphatic carbocycles. The second-order valence-corrected chi connectivity index (χ2v) is 11.2. The van der Waals surface area contributed by atoms with Crippen molar-refractivity contribution >= 4 is 25.5 Å². The normalized spacial score (nSPS) is 20.5. The molecule has 0 bridgehead atoms. The third-order valence-corrected chi connectivity index (χ3v) is 6.50. The Bertz CT molecular complexity index is 1200. The second-order valence-electron chi connectivity index (χ2n) is 9.27. The molecule has 1 aromatic heterocycles. The summed E-state index contributed by atoms with van der Waals surface area (Å²) in [6, 6.07) is 6.95. The number of nitrogen functional groups attached to an aromatic ring is 1. The number of benzene rings is 1. The molecule has 37 heavy (non-hydrogen) atoms. The average molecular weight is 538 g/mol. The molecule has 2 heterocycles. The van der Waals surface area contributed by atoms with Crippen molar-refractivity contribution < 1.29 is 37.4 Å². The molecule has 1 aliphatic heterocycles. The zero-order valence-electron chi connectivity index (χ0n) is 21.0. The van der Waals surface area contributed by atoms with E-state index in [1.165, 1.54) is 23.9 Å². The lowest BCUT2D eigenvalue weighted by Crippen LogP contribution is -2.45. The number of methoxy groups -OCH3 is 1. The van der Waals surface area contributed by atoms with Crippen molar-refractivity contribution in [3.8, 4) is 5.75 Å². The van der Waals surface area contributed by atoms with Gasteiger partial charge in [-0.05, 0) is 44.5 Å². The topological polar surface area (TPSA) is 170 Å². The van der Waals surface area contributed by atoms with Crippen LogP contribution in [0.25, 0.3) is 0 Å². The molecule has 3 rings (SSSR count). The van der Waals surface area contributed by atoms with Gasteiger partial charge in [-0.1, -0.05) is 12.1 Å². The maximum Gasteiger partial charge on any atom is 0.408 e. The molecule has 13 nitrogen and oxygen atoms in total. The maximum atomic E-state index is 12.9. The number of ether oxygens (including phenoxy) is 3. The number of alkyl carbamates (subject to hydrolysis) is 1. The molecule has 1 aliphatic rings. The van der Waals surface area contributed by atoms with Crippen LogP contribution in [0.15, 0.2) is 41.3 Å². The molecule has 1 aromatic carbocycles. The van der Waals surface area contributed by atoms with Gasteiger partial charge in [0.2, 0.25) is 0 Å². The highest BCUT2D eigenvalue weighted by molar-refractivity contribution is 7.54. The Kier molecular flexibility index (Phi) is 8.95. The Morgan fingerprint density at radius 2 is 1.97 bits per heavy atom. The number of aromatic nitrogens is 2. The van der Waals surface area contributed by atoms with Gasteiger partial charge >= 0.3 is 25.3 Å². The number of hydrogen-bond donors (Lipinski definition) is 2. The minimum Gasteiger partial charge on any atom is -0.467 e. The van der Waals surface area contributed by atoms with Gasteiger partial charge in [-0.2, -0.15) is 4.98 Å². The van der Waals surface area contributed by atoms with E-state index < -0.39 is 43.1 Å². The van der Waals surface area contributed by atoms with Crippen LogP contribution >= 0.6 is 7.60 Å². The standard InChI is InChI=1S/C23H31N4O9P/c1-23(2,3)35-22(30)25-18(20(28)32-4)11-15-5-7-16(8-6-15)36-37(31)14-33-17(13-34-37)12-27-10-9-19(24)26-21(27)29/h5-10,17-18H,11-14H2,1-4H3,(H,25,30)(H2,24,26,29)/t17-,18+,37?/m0/s1. The van der Waals surface area contributed by atoms with E-state index in [4.69, 9.17) is 29.0 Å². The van der Waals surface area contributed by atoms with Crippen LogP contribution in [0.4, 0.5) is 10.6 Å². The highest BCUT2D eigenvalue weighted by Crippen LogP contribution is 2.50. The quantitative estimate of drug-likeness (QED) is 0.372. The molecule has 202 valence electrons. The summed E-state index contributed by atoms with van der Waals surface area (Å²) in [7, 11) is -2.37. The molecule has 1 amide bonds. The predicted molar refractivity (Wildman–Crippen MR) is 132 cm³/mol. The number of carbonyl (C=O) groups excluding carboxylic acids is 2. The molecule has 3 atom stereocenters. The predicted octanol–water partition coefficient (Wildman–Crippen LogP) is 2.08. The van der Waals surface area contributed by atoms with Crippen LogP contribution < -0.4 is 21.3 Å². The maximum absolute atomic E-state index is 12.9. The Hall–Kier alpha value is -3.41. The number of rotatable bonds is 8. The number of nitrogens with one attached hydrogen (secondary N) is 1. The monoisotopic (exact) mass is 538 g/mol. The molecule has 0 radical (unpaired) electrons. The van der Waals surface area contributed by atoms with Crippen molar-refractivity contribution in [3.05, 3.63) is 52.6 Å². The molecule has 0 saturated carbocycles. The van der Waals surface area contributed by atoms with Gasteiger partial charge in [-0.15, -0.1) is 0 Å². The summed E-state index contributed by atoms with van der Waals surface area (Å²) in [5, 5.41) is 2.51. The van der Waals surface area contributed by atoms with E-state index in [1.54, 1.807) is 45.0 Å². The number of anilines is 1. The Balaban J connectivity index is 1.55. The Morgan fingerprint density at radius 3 is 2.54 bits per heavy atom. The molecule has 0 spiro atoms. The van der Waals surface area contributed by atoms with Crippen molar-refractivity contribution in [2.75, 3.05) is 25.8 Å². The SMILES string of the molecule is COC(=O)[C@@H](Cc1ccc(OP2(=O)CO[C@@H](Cn3ccc(N)nc3=O)CO2)cc1)NC(=O)OC(C)(C)C. The van der Waals surface area contributed by atoms with E-state index >= 15 is 0 Å². The summed E-state index contributed by atoms with van der Waals surface area (Å²) >= 11 is 0. The summed E-state index contributed by atoms with van der Waals surface area (Å²) in [5.41, 5.74) is 4.92. The molecular weight excluding hydrogens is 507 g/mol. The van der Waals surface area contributed by atoms with Crippen molar-refractivity contribution in [1.29, 1.82) is 0 Å². The van der Waals surface area contributed by atoms with Gasteiger partial charge in [-0.25, -0.2) is 18.9 Å². The van der Waals surface area contributed by atoms with Crippen LogP contribution in [-0.4, -0.2) is 59.4 Å². The van der Waals surface area contributed by atoms with Crippen LogP contribution in [0, 0.1) is 0 Å². The molecule has 3 N–H and O–H groups in total. The number of nitrogens with two attached hydrogens (primary N) is 1. The number of nitrogens with zero attached hydrogens (tertiary/aromatic N) is 2. The summed E-state index contributed by atoms with van der Waals surface area (Å²) in [6.45, 7) is 5.24. The number of hydrogen-bond acceptors (Lipinski definition) is 11. The van der Waals surface area contributed by atoms with Gasteiger partial charge < -0.3 is 29.8 Å². The molecule has 1 unspecified atom stereocenters. The van der Waals surface area contributed by atoms with Crippen molar-refractivity contribution in [3.63, 3.8) is 0 Å². The second kappa shape index (κ2) is 11.8. The van der Waals surface area contributed by atoms with Crippen molar-refractivity contribution in [1.82, 2.24) is 14.9 Å². The molecule has 1 saturated heterocycles. The molecule has 2 aromatic rings. The lowest BCUT2D eigenvalue weighted by molar-refractivity contribution is -0.143. The average Bonchev–Trinajstić information content (AvgIpc) is 2.81. The summed E-state index contributed by atoms with van der Waals surface area (Å²) in [4.78, 5) is 39.8. The lowest BCUT2D eigenvalue weighted by atomic mass is 10.1. The zero-order chi connectivity index (χ0) is 27.2. The number of esters is 1. The molecule has 1 fully saturated rings. The molecule has 14 heteroatoms. The van der Waals surface area contributed by atoms with Gasteiger partial charge in [0.25, 0.3) is 0 Å². The first-order chi connectivity index (χ1) is 17.4. The fraction of sp³-hybridized carbons (Fsp3) is 0.478. The van der Waals surface area contributed by atoms with Crippen LogP contribution in [0.1, 0.15) is 26.3 Å². The Morgan fingerprint density at radius 1 is 1.27 bits per heavy atom. The summed E-state index contributed by atoms with van der Waals surface area (Å²) < 4.78 is 40.9.